The van der Waals surface area contributed by atoms with Crippen molar-refractivity contribution in [2.75, 3.05) is 0 Å². The Bertz CT molecular complexity index is 1600. The molecule has 0 spiro atoms. The van der Waals surface area contributed by atoms with Gasteiger partial charge in [-0.1, -0.05) is 49.4 Å². The molecule has 6 nitrogen and oxygen atoms in total. The zero-order valence-electron chi connectivity index (χ0n) is 18.6. The van der Waals surface area contributed by atoms with Gasteiger partial charge >= 0.3 is 0 Å². The minimum atomic E-state index is -3.79. The zero-order chi connectivity index (χ0) is 23.3. The maximum absolute atomic E-state index is 12.8. The van der Waals surface area contributed by atoms with Crippen LogP contribution in [0.5, 0.6) is 0 Å². The lowest BCUT2D eigenvalue weighted by molar-refractivity contribution is 0.604. The molecule has 0 fully saturated rings. The van der Waals surface area contributed by atoms with Crippen LogP contribution in [0.1, 0.15) is 40.7 Å². The van der Waals surface area contributed by atoms with Gasteiger partial charge in [0.15, 0.2) is 10.6 Å². The van der Waals surface area contributed by atoms with Crippen LogP contribution in [0.3, 0.4) is 0 Å². The zero-order valence-corrected chi connectivity index (χ0v) is 19.4. The van der Waals surface area contributed by atoms with Gasteiger partial charge in [0.2, 0.25) is 9.84 Å². The van der Waals surface area contributed by atoms with Gasteiger partial charge in [-0.15, -0.1) is 0 Å². The van der Waals surface area contributed by atoms with Crippen LogP contribution in [-0.4, -0.2) is 23.0 Å². The fourth-order valence-corrected chi connectivity index (χ4v) is 6.07. The first-order valence-electron chi connectivity index (χ1n) is 10.8. The second kappa shape index (κ2) is 7.68. The third-order valence-corrected chi connectivity index (χ3v) is 7.81. The first-order valence-corrected chi connectivity index (χ1v) is 12.2. The number of allylic oxidation sites excluding steroid dienone is 1. The van der Waals surface area contributed by atoms with E-state index >= 15 is 0 Å². The molecule has 0 radical (unpaired) electrons. The molecule has 0 saturated carbocycles. The van der Waals surface area contributed by atoms with Crippen molar-refractivity contribution in [2.24, 2.45) is 0 Å². The summed E-state index contributed by atoms with van der Waals surface area (Å²) in [6.45, 7) is 6.72. The lowest BCUT2D eigenvalue weighted by atomic mass is 9.97. The number of nitrogens with zero attached hydrogens (tertiary/aromatic N) is 4. The van der Waals surface area contributed by atoms with E-state index in [1.165, 1.54) is 0 Å². The Labute approximate surface area is 192 Å². The van der Waals surface area contributed by atoms with Crippen LogP contribution in [0, 0.1) is 25.2 Å². The maximum atomic E-state index is 12.8. The molecule has 0 amide bonds. The number of benzene rings is 2. The molecule has 3 heterocycles. The summed E-state index contributed by atoms with van der Waals surface area (Å²) in [7, 11) is -3.79. The molecule has 4 aromatic rings. The minimum Gasteiger partial charge on any atom is -0.308 e. The van der Waals surface area contributed by atoms with Crippen molar-refractivity contribution in [1.82, 2.24) is 14.5 Å². The van der Waals surface area contributed by atoms with Crippen molar-refractivity contribution in [3.8, 4) is 6.07 Å². The molecule has 164 valence electrons. The first-order chi connectivity index (χ1) is 15.8. The number of aromatic nitrogens is 3. The molecule has 5 rings (SSSR count). The summed E-state index contributed by atoms with van der Waals surface area (Å²) in [4.78, 5) is 9.53. The molecule has 2 aromatic heterocycles. The normalized spacial score (nSPS) is 14.5. The Hall–Kier alpha value is -3.76. The third-order valence-electron chi connectivity index (χ3n) is 6.04. The van der Waals surface area contributed by atoms with Gasteiger partial charge in [-0.3, -0.25) is 0 Å². The number of sulfone groups is 1. The van der Waals surface area contributed by atoms with Crippen molar-refractivity contribution in [3.05, 3.63) is 93.3 Å². The van der Waals surface area contributed by atoms with Crippen molar-refractivity contribution >= 4 is 26.6 Å². The molecule has 1 aliphatic rings. The minimum absolute atomic E-state index is 0.190. The highest BCUT2D eigenvalue weighted by Crippen LogP contribution is 2.42. The van der Waals surface area contributed by atoms with Crippen molar-refractivity contribution < 1.29 is 8.42 Å². The lowest BCUT2D eigenvalue weighted by Crippen LogP contribution is -2.06. The van der Waals surface area contributed by atoms with E-state index in [2.05, 4.69) is 18.4 Å². The fraction of sp³-hybridized carbons (Fsp3) is 0.192. The van der Waals surface area contributed by atoms with Gasteiger partial charge in [-0.25, -0.2) is 18.4 Å². The van der Waals surface area contributed by atoms with Crippen LogP contribution in [-0.2, 0) is 22.8 Å². The van der Waals surface area contributed by atoms with E-state index < -0.39 is 9.84 Å². The second-order valence-electron chi connectivity index (χ2n) is 8.23. The van der Waals surface area contributed by atoms with Crippen LogP contribution in [0.4, 0.5) is 0 Å². The average molecular weight is 455 g/mol. The monoisotopic (exact) mass is 454 g/mol. The van der Waals surface area contributed by atoms with Gasteiger partial charge in [-0.05, 0) is 42.7 Å². The number of aryl methyl sites for hydroxylation is 3. The Kier molecular flexibility index (Phi) is 4.91. The lowest BCUT2D eigenvalue weighted by Gasteiger charge is -2.10. The summed E-state index contributed by atoms with van der Waals surface area (Å²) in [6.07, 6.45) is 0.792. The highest BCUT2D eigenvalue weighted by Gasteiger charge is 2.36. The molecule has 2 aromatic carbocycles. The maximum Gasteiger partial charge on any atom is 0.217 e. The summed E-state index contributed by atoms with van der Waals surface area (Å²) >= 11 is 0. The molecular formula is C26H22N4O2S. The van der Waals surface area contributed by atoms with Crippen LogP contribution in [0.2, 0.25) is 0 Å². The van der Waals surface area contributed by atoms with E-state index in [1.54, 1.807) is 24.3 Å². The molecule has 0 unspecified atom stereocenters. The Balaban J connectivity index is 1.57. The number of nitriles is 1. The number of hydrogen-bond donors (Lipinski definition) is 0. The van der Waals surface area contributed by atoms with E-state index in [9.17, 15) is 13.7 Å². The third kappa shape index (κ3) is 3.26. The summed E-state index contributed by atoms with van der Waals surface area (Å²) in [6, 6.07) is 18.4. The number of fused-ring (bicyclic) bond motifs is 2. The molecule has 1 aliphatic heterocycles. The van der Waals surface area contributed by atoms with Crippen LogP contribution >= 0.6 is 0 Å². The van der Waals surface area contributed by atoms with Gasteiger partial charge < -0.3 is 4.57 Å². The van der Waals surface area contributed by atoms with Gasteiger partial charge in [0.05, 0.1) is 11.4 Å². The van der Waals surface area contributed by atoms with Crippen LogP contribution in [0.15, 0.2) is 64.4 Å². The molecule has 0 aliphatic carbocycles. The van der Waals surface area contributed by atoms with Crippen molar-refractivity contribution in [3.63, 3.8) is 0 Å². The predicted molar refractivity (Wildman–Crippen MR) is 127 cm³/mol. The molecular weight excluding hydrogens is 432 g/mol. The summed E-state index contributed by atoms with van der Waals surface area (Å²) in [5.74, 6) is 0.973. The fourth-order valence-electron chi connectivity index (χ4n) is 4.52. The van der Waals surface area contributed by atoms with Crippen LogP contribution in [0.25, 0.3) is 16.7 Å². The summed E-state index contributed by atoms with van der Waals surface area (Å²) in [5, 5.41) is 9.63. The van der Waals surface area contributed by atoms with E-state index in [0.717, 1.165) is 40.2 Å². The number of imidazole rings is 1. The topological polar surface area (TPSA) is 88.6 Å². The van der Waals surface area contributed by atoms with Gasteiger partial charge in [0.25, 0.3) is 0 Å². The molecule has 33 heavy (non-hydrogen) atoms. The van der Waals surface area contributed by atoms with Gasteiger partial charge in [0.1, 0.15) is 17.4 Å². The Morgan fingerprint density at radius 1 is 1.03 bits per heavy atom. The molecule has 0 N–H and O–H groups in total. The van der Waals surface area contributed by atoms with E-state index in [1.807, 2.05) is 43.3 Å². The standard InChI is InChI=1S/C26H22N4O2S/c1-4-23-29-25-16(2)13-17(3)28-26(25)30(23)15-18-9-11-19(12-10-18)24-20-7-5-6-8-21(20)33(31,32)22(24)14-27/h5-13H,4,15H2,1-3H3. The number of rotatable bonds is 4. The van der Waals surface area contributed by atoms with Crippen molar-refractivity contribution in [2.45, 2.75) is 38.6 Å². The largest absolute Gasteiger partial charge is 0.308 e. The second-order valence-corrected chi connectivity index (χ2v) is 10.1. The summed E-state index contributed by atoms with van der Waals surface area (Å²) < 4.78 is 27.8. The Morgan fingerprint density at radius 2 is 1.76 bits per heavy atom. The number of pyridine rings is 1. The van der Waals surface area contributed by atoms with Crippen molar-refractivity contribution in [1.29, 1.82) is 5.26 Å². The molecule has 0 saturated heterocycles. The SMILES string of the molecule is CCc1nc2c(C)cc(C)nc2n1Cc1ccc(C2=C(C#N)S(=O)(=O)c3ccccc32)cc1. The summed E-state index contributed by atoms with van der Waals surface area (Å²) in [5.41, 5.74) is 6.65. The number of hydrogen-bond acceptors (Lipinski definition) is 5. The smallest absolute Gasteiger partial charge is 0.217 e. The van der Waals surface area contributed by atoms with Crippen LogP contribution < -0.4 is 0 Å². The highest BCUT2D eigenvalue weighted by molar-refractivity contribution is 7.96. The van der Waals surface area contributed by atoms with Gasteiger partial charge in [0, 0.05) is 23.3 Å². The molecule has 0 bridgehead atoms. The first kappa shape index (κ1) is 21.1. The van der Waals surface area contributed by atoms with E-state index in [-0.39, 0.29) is 9.80 Å². The molecule has 7 heteroatoms. The average Bonchev–Trinajstić information content (AvgIpc) is 3.26. The van der Waals surface area contributed by atoms with Gasteiger partial charge in [-0.2, -0.15) is 5.26 Å². The predicted octanol–water partition coefficient (Wildman–Crippen LogP) is 4.73. The quantitative estimate of drug-likeness (QED) is 0.445. The Morgan fingerprint density at radius 3 is 2.45 bits per heavy atom. The van der Waals surface area contributed by atoms with E-state index in [0.29, 0.717) is 23.2 Å². The molecule has 0 atom stereocenters. The highest BCUT2D eigenvalue weighted by atomic mass is 32.2. The van der Waals surface area contributed by atoms with E-state index in [4.69, 9.17) is 9.97 Å².